The van der Waals surface area contributed by atoms with E-state index in [4.69, 9.17) is 21.2 Å². The number of hydrogen-bond donors (Lipinski definition) is 2. The Kier molecular flexibility index (Phi) is 10.6. The summed E-state index contributed by atoms with van der Waals surface area (Å²) in [5, 5.41) is 3.09. The van der Waals surface area contributed by atoms with E-state index >= 15 is 0 Å². The summed E-state index contributed by atoms with van der Waals surface area (Å²) in [6.07, 6.45) is 0.425. The molecule has 2 aromatic rings. The number of hydrogen-bond acceptors (Lipinski definition) is 4. The molecule has 0 spiro atoms. The van der Waals surface area contributed by atoms with E-state index in [1.165, 1.54) is 0 Å². The summed E-state index contributed by atoms with van der Waals surface area (Å²) in [7, 11) is -4.56. The summed E-state index contributed by atoms with van der Waals surface area (Å²) in [6, 6.07) is 14.6. The minimum absolute atomic E-state index is 0. The standard InChI is InChI=1S/C17H19ClNO5P.K/c18-14-6-8-15(9-7-14)24-16-5-1-3-13(11-16)4-2-10-19-17(20)12-25(21,22)23;/h1,3,5-9,11H,2,4,10,12H2,(H,19,20)(H2,21,22,23);/q;+1/p-1. The van der Waals surface area contributed by atoms with Crippen molar-refractivity contribution < 1.29 is 75.3 Å². The molecule has 0 radical (unpaired) electrons. The molecule has 0 heterocycles. The minimum atomic E-state index is -4.56. The quantitative estimate of drug-likeness (QED) is 0.347. The van der Waals surface area contributed by atoms with E-state index in [-0.39, 0.29) is 51.4 Å². The topological polar surface area (TPSA) is 98.7 Å². The number of carbonyl (C=O) groups is 1. The van der Waals surface area contributed by atoms with Crippen LogP contribution in [0, 0.1) is 0 Å². The maximum Gasteiger partial charge on any atom is 1.00 e. The minimum Gasteiger partial charge on any atom is -0.778 e. The van der Waals surface area contributed by atoms with Crippen molar-refractivity contribution in [3.63, 3.8) is 0 Å². The third-order valence-electron chi connectivity index (χ3n) is 3.26. The molecule has 0 saturated heterocycles. The van der Waals surface area contributed by atoms with E-state index in [0.29, 0.717) is 35.9 Å². The van der Waals surface area contributed by atoms with Crippen LogP contribution < -0.4 is 66.3 Å². The second-order valence-corrected chi connectivity index (χ2v) is 7.48. The monoisotopic (exact) mass is 421 g/mol. The molecule has 0 aliphatic rings. The fourth-order valence-electron chi connectivity index (χ4n) is 2.16. The SMILES string of the molecule is O=C(CP(=O)([O-])O)NCCCc1cccc(Oc2ccc(Cl)cc2)c1.[K+]. The van der Waals surface area contributed by atoms with Crippen molar-refractivity contribution >= 4 is 25.1 Å². The van der Waals surface area contributed by atoms with Crippen molar-refractivity contribution in [3.05, 3.63) is 59.1 Å². The maximum absolute atomic E-state index is 11.3. The Morgan fingerprint density at radius 1 is 1.19 bits per heavy atom. The number of rotatable bonds is 8. The summed E-state index contributed by atoms with van der Waals surface area (Å²) < 4.78 is 16.4. The molecule has 6 nitrogen and oxygen atoms in total. The molecule has 1 atom stereocenters. The predicted octanol–water partition coefficient (Wildman–Crippen LogP) is -0.269. The summed E-state index contributed by atoms with van der Waals surface area (Å²) in [5.74, 6) is 0.664. The Morgan fingerprint density at radius 3 is 2.54 bits per heavy atom. The van der Waals surface area contributed by atoms with Crippen LogP contribution in [0.15, 0.2) is 48.5 Å². The van der Waals surface area contributed by atoms with Crippen LogP contribution in [0.2, 0.25) is 5.02 Å². The van der Waals surface area contributed by atoms with E-state index < -0.39 is 19.7 Å². The van der Waals surface area contributed by atoms with Crippen molar-refractivity contribution in [2.24, 2.45) is 0 Å². The summed E-state index contributed by atoms with van der Waals surface area (Å²) in [6.45, 7) is 0.321. The molecule has 26 heavy (non-hydrogen) atoms. The molecule has 9 heteroatoms. The zero-order valence-corrected chi connectivity index (χ0v) is 19.1. The molecule has 2 rings (SSSR count). The van der Waals surface area contributed by atoms with Crippen LogP contribution in [0.4, 0.5) is 0 Å². The normalized spacial score (nSPS) is 12.6. The molecule has 134 valence electrons. The second-order valence-electron chi connectivity index (χ2n) is 5.45. The van der Waals surface area contributed by atoms with Crippen molar-refractivity contribution in [1.82, 2.24) is 5.32 Å². The molecule has 1 amide bonds. The Labute approximate surface area is 199 Å². The summed E-state index contributed by atoms with van der Waals surface area (Å²) >= 11 is 5.84. The van der Waals surface area contributed by atoms with Crippen LogP contribution in [-0.2, 0) is 15.8 Å². The van der Waals surface area contributed by atoms with Gasteiger partial charge in [-0.15, -0.1) is 0 Å². The molecule has 0 aliphatic heterocycles. The fourth-order valence-corrected chi connectivity index (χ4v) is 2.76. The van der Waals surface area contributed by atoms with E-state index in [1.54, 1.807) is 24.3 Å². The van der Waals surface area contributed by atoms with Crippen LogP contribution in [-0.4, -0.2) is 23.5 Å². The van der Waals surface area contributed by atoms with Gasteiger partial charge in [0.25, 0.3) is 0 Å². The Balaban J connectivity index is 0.00000338. The number of nitrogens with one attached hydrogen (secondary N) is 1. The van der Waals surface area contributed by atoms with Gasteiger partial charge in [-0.1, -0.05) is 23.7 Å². The number of halogens is 1. The molecule has 0 saturated carbocycles. The first-order valence-electron chi connectivity index (χ1n) is 7.64. The first-order valence-corrected chi connectivity index (χ1v) is 9.78. The van der Waals surface area contributed by atoms with Gasteiger partial charge >= 0.3 is 51.4 Å². The van der Waals surface area contributed by atoms with Crippen LogP contribution >= 0.6 is 19.2 Å². The molecule has 0 aliphatic carbocycles. The van der Waals surface area contributed by atoms with Gasteiger partial charge in [0.05, 0.1) is 6.16 Å². The maximum atomic E-state index is 11.3. The molecular weight excluding hydrogens is 404 g/mol. The van der Waals surface area contributed by atoms with Gasteiger partial charge in [-0.25, -0.2) is 0 Å². The first kappa shape index (κ1) is 23.8. The average molecular weight is 422 g/mol. The number of ether oxygens (including phenoxy) is 1. The van der Waals surface area contributed by atoms with Crippen LogP contribution in [0.25, 0.3) is 0 Å². The van der Waals surface area contributed by atoms with Gasteiger partial charge in [-0.3, -0.25) is 4.79 Å². The van der Waals surface area contributed by atoms with Gasteiger partial charge in [-0.2, -0.15) is 0 Å². The first-order chi connectivity index (χ1) is 11.8. The van der Waals surface area contributed by atoms with Gasteiger partial charge < -0.3 is 24.4 Å². The van der Waals surface area contributed by atoms with Gasteiger partial charge in [0.15, 0.2) is 0 Å². The van der Waals surface area contributed by atoms with E-state index in [1.807, 2.05) is 24.3 Å². The van der Waals surface area contributed by atoms with Gasteiger partial charge in [0.1, 0.15) is 19.1 Å². The predicted molar refractivity (Wildman–Crippen MR) is 94.0 cm³/mol. The van der Waals surface area contributed by atoms with Gasteiger partial charge in [0, 0.05) is 11.6 Å². The van der Waals surface area contributed by atoms with Gasteiger partial charge in [0.2, 0.25) is 5.91 Å². The van der Waals surface area contributed by atoms with Crippen molar-refractivity contribution in [2.45, 2.75) is 12.8 Å². The average Bonchev–Trinajstić information content (AvgIpc) is 2.53. The zero-order valence-electron chi connectivity index (χ0n) is 14.4. The molecule has 2 N–H and O–H groups in total. The molecule has 1 unspecified atom stereocenters. The third kappa shape index (κ3) is 9.64. The molecule has 0 fully saturated rings. The van der Waals surface area contributed by atoms with E-state index in [9.17, 15) is 14.3 Å². The Bertz CT molecular complexity index is 766. The summed E-state index contributed by atoms with van der Waals surface area (Å²) in [4.78, 5) is 30.5. The smallest absolute Gasteiger partial charge is 0.778 e. The van der Waals surface area contributed by atoms with Gasteiger partial charge in [-0.05, 0) is 54.8 Å². The van der Waals surface area contributed by atoms with Crippen LogP contribution in [0.5, 0.6) is 11.5 Å². The second kappa shape index (κ2) is 11.6. The largest absolute Gasteiger partial charge is 1.00 e. The molecular formula is C17H18ClKNO5P. The Hall–Kier alpha value is -0.214. The summed E-state index contributed by atoms with van der Waals surface area (Å²) in [5.41, 5.74) is 1.03. The third-order valence-corrected chi connectivity index (χ3v) is 4.19. The Morgan fingerprint density at radius 2 is 1.88 bits per heavy atom. The number of benzene rings is 2. The molecule has 0 bridgehead atoms. The van der Waals surface area contributed by atoms with Crippen molar-refractivity contribution in [3.8, 4) is 11.5 Å². The number of carbonyl (C=O) groups excluding carboxylic acids is 1. The number of aryl methyl sites for hydroxylation is 1. The number of amides is 1. The van der Waals surface area contributed by atoms with E-state index in [2.05, 4.69) is 5.32 Å². The van der Waals surface area contributed by atoms with Crippen molar-refractivity contribution in [1.29, 1.82) is 0 Å². The van der Waals surface area contributed by atoms with E-state index in [0.717, 1.165) is 5.56 Å². The molecule has 0 aromatic heterocycles. The molecule has 2 aromatic carbocycles. The van der Waals surface area contributed by atoms with Crippen LogP contribution in [0.3, 0.4) is 0 Å². The van der Waals surface area contributed by atoms with Crippen molar-refractivity contribution in [2.75, 3.05) is 12.7 Å². The van der Waals surface area contributed by atoms with Crippen LogP contribution in [0.1, 0.15) is 12.0 Å². The fraction of sp³-hybridized carbons (Fsp3) is 0.235. The zero-order chi connectivity index (χ0) is 18.3.